The first kappa shape index (κ1) is 29.1. The van der Waals surface area contributed by atoms with Crippen LogP contribution in [0, 0.1) is 5.92 Å². The molecule has 1 aromatic carbocycles. The molecule has 12 nitrogen and oxygen atoms in total. The second kappa shape index (κ2) is 12.9. The summed E-state index contributed by atoms with van der Waals surface area (Å²) in [5.74, 6) is -5.79. The van der Waals surface area contributed by atoms with Gasteiger partial charge in [0.25, 0.3) is 5.91 Å². The molecular formula is C27H30N2O10. The number of hydrogen-bond donors (Lipinski definition) is 1. The molecule has 3 rings (SSSR count). The summed E-state index contributed by atoms with van der Waals surface area (Å²) in [6.07, 6.45) is -1.05. The van der Waals surface area contributed by atoms with Crippen LogP contribution in [0.25, 0.3) is 0 Å². The zero-order valence-electron chi connectivity index (χ0n) is 22.2. The highest BCUT2D eigenvalue weighted by molar-refractivity contribution is 5.99. The average molecular weight is 543 g/mol. The molecule has 4 atom stereocenters. The van der Waals surface area contributed by atoms with Gasteiger partial charge < -0.3 is 29.0 Å². The van der Waals surface area contributed by atoms with E-state index in [4.69, 9.17) is 23.7 Å². The van der Waals surface area contributed by atoms with Crippen molar-refractivity contribution >= 4 is 29.8 Å². The summed E-state index contributed by atoms with van der Waals surface area (Å²) in [6.45, 7) is 5.29. The molecule has 0 bridgehead atoms. The van der Waals surface area contributed by atoms with E-state index in [0.717, 1.165) is 6.92 Å². The van der Waals surface area contributed by atoms with E-state index in [0.29, 0.717) is 5.56 Å². The van der Waals surface area contributed by atoms with Gasteiger partial charge >= 0.3 is 23.9 Å². The van der Waals surface area contributed by atoms with Crippen LogP contribution in [0.4, 0.5) is 0 Å². The van der Waals surface area contributed by atoms with Gasteiger partial charge in [-0.25, -0.2) is 9.78 Å². The zero-order valence-corrected chi connectivity index (χ0v) is 22.2. The van der Waals surface area contributed by atoms with Crippen LogP contribution in [0.5, 0.6) is 11.5 Å². The Morgan fingerprint density at radius 2 is 1.77 bits per heavy atom. The van der Waals surface area contributed by atoms with Crippen molar-refractivity contribution in [2.75, 3.05) is 13.7 Å². The molecular weight excluding hydrogens is 512 g/mol. The highest BCUT2D eigenvalue weighted by Gasteiger charge is 2.43. The van der Waals surface area contributed by atoms with Crippen LogP contribution < -0.4 is 14.8 Å². The zero-order chi connectivity index (χ0) is 28.7. The molecule has 12 heteroatoms. The van der Waals surface area contributed by atoms with E-state index < -0.39 is 66.5 Å². The van der Waals surface area contributed by atoms with Gasteiger partial charge in [0.1, 0.15) is 18.6 Å². The van der Waals surface area contributed by atoms with Crippen molar-refractivity contribution in [2.24, 2.45) is 5.92 Å². The number of carbonyl (C=O) groups is 5. The minimum atomic E-state index is -1.46. The Morgan fingerprint density at radius 1 is 1.08 bits per heavy atom. The predicted molar refractivity (Wildman–Crippen MR) is 134 cm³/mol. The second-order valence-electron chi connectivity index (χ2n) is 9.03. The third-order valence-electron chi connectivity index (χ3n) is 5.76. The van der Waals surface area contributed by atoms with Gasteiger partial charge in [-0.1, -0.05) is 44.2 Å². The first-order chi connectivity index (χ1) is 18.5. The lowest BCUT2D eigenvalue weighted by molar-refractivity contribution is -0.172. The van der Waals surface area contributed by atoms with Gasteiger partial charge in [-0.3, -0.25) is 19.2 Å². The molecule has 1 fully saturated rings. The summed E-state index contributed by atoms with van der Waals surface area (Å²) in [6, 6.07) is 8.42. The Kier molecular flexibility index (Phi) is 9.58. The Bertz CT molecular complexity index is 1230. The summed E-state index contributed by atoms with van der Waals surface area (Å²) in [5.41, 5.74) is 0.142. The number of rotatable bonds is 7. The van der Waals surface area contributed by atoms with Crippen LogP contribution in [0.2, 0.25) is 0 Å². The lowest BCUT2D eigenvalue weighted by Gasteiger charge is -2.29. The van der Waals surface area contributed by atoms with Gasteiger partial charge in [-0.2, -0.15) is 0 Å². The van der Waals surface area contributed by atoms with Crippen molar-refractivity contribution in [1.29, 1.82) is 0 Å². The van der Waals surface area contributed by atoms with E-state index in [2.05, 4.69) is 10.3 Å². The molecule has 208 valence electrons. The summed E-state index contributed by atoms with van der Waals surface area (Å²) in [7, 11) is 1.31. The van der Waals surface area contributed by atoms with Crippen molar-refractivity contribution in [1.82, 2.24) is 10.3 Å². The van der Waals surface area contributed by atoms with Crippen LogP contribution in [0.3, 0.4) is 0 Å². The maximum atomic E-state index is 13.3. The van der Waals surface area contributed by atoms with Gasteiger partial charge in [0.2, 0.25) is 5.75 Å². The fourth-order valence-electron chi connectivity index (χ4n) is 3.80. The SMILES string of the molecule is COc1ccnc(C(=O)N[C@H]2COC(=O)[C@@H](c3ccccc3)[C@@H](OC(=O)C(C)C)[C@H](C)OC2=O)c1OC(C)=O. The number of benzene rings is 1. The number of cyclic esters (lactones) is 2. The Balaban J connectivity index is 1.93. The molecule has 39 heavy (non-hydrogen) atoms. The number of aromatic nitrogens is 1. The number of methoxy groups -OCH3 is 1. The van der Waals surface area contributed by atoms with Crippen LogP contribution in [-0.4, -0.2) is 66.7 Å². The van der Waals surface area contributed by atoms with Crippen molar-refractivity contribution < 1.29 is 47.7 Å². The molecule has 1 aromatic heterocycles. The molecule has 0 saturated carbocycles. The van der Waals surface area contributed by atoms with Crippen LogP contribution in [0.1, 0.15) is 49.7 Å². The highest BCUT2D eigenvalue weighted by Crippen LogP contribution is 2.31. The summed E-state index contributed by atoms with van der Waals surface area (Å²) in [4.78, 5) is 67.6. The minimum Gasteiger partial charge on any atom is -0.493 e. The van der Waals surface area contributed by atoms with Gasteiger partial charge in [0, 0.05) is 19.2 Å². The number of pyridine rings is 1. The number of amides is 1. The quantitative estimate of drug-likeness (QED) is 0.403. The van der Waals surface area contributed by atoms with E-state index in [1.54, 1.807) is 44.2 Å². The summed E-state index contributed by atoms with van der Waals surface area (Å²) < 4.78 is 26.9. The normalized spacial score (nSPS) is 21.4. The maximum Gasteiger partial charge on any atom is 0.332 e. The molecule has 1 aliphatic heterocycles. The van der Waals surface area contributed by atoms with E-state index in [9.17, 15) is 24.0 Å². The fourth-order valence-corrected chi connectivity index (χ4v) is 3.80. The molecule has 0 radical (unpaired) electrons. The third-order valence-corrected chi connectivity index (χ3v) is 5.76. The first-order valence-electron chi connectivity index (χ1n) is 12.2. The number of esters is 4. The number of ether oxygens (including phenoxy) is 5. The van der Waals surface area contributed by atoms with Gasteiger partial charge in [0.05, 0.1) is 13.0 Å². The minimum absolute atomic E-state index is 0.0583. The van der Waals surface area contributed by atoms with Crippen molar-refractivity contribution in [3.05, 3.63) is 53.9 Å². The topological polar surface area (TPSA) is 156 Å². The Labute approximate surface area is 224 Å². The van der Waals surface area contributed by atoms with E-state index in [1.165, 1.54) is 26.3 Å². The number of carbonyl (C=O) groups excluding carboxylic acids is 5. The second-order valence-corrected chi connectivity index (χ2v) is 9.03. The standard InChI is InChI=1S/C27H30N2O10/c1-14(2)25(32)39-22-15(3)37-26(33)18(13-36-27(34)20(22)17-9-7-6-8-10-17)29-24(31)21-23(38-16(4)30)19(35-5)11-12-28-21/h6-12,14-15,18,20,22H,13H2,1-5H3,(H,29,31)/t15-,18-,20-,22-/m0/s1. The molecule has 1 saturated heterocycles. The third kappa shape index (κ3) is 7.09. The van der Waals surface area contributed by atoms with Crippen LogP contribution in [-0.2, 0) is 33.4 Å². The molecule has 1 N–H and O–H groups in total. The maximum absolute atomic E-state index is 13.3. The van der Waals surface area contributed by atoms with Crippen LogP contribution in [0.15, 0.2) is 42.6 Å². The summed E-state index contributed by atoms with van der Waals surface area (Å²) in [5, 5.41) is 2.41. The molecule has 1 aliphatic rings. The average Bonchev–Trinajstić information content (AvgIpc) is 2.93. The van der Waals surface area contributed by atoms with Gasteiger partial charge in [-0.15, -0.1) is 0 Å². The van der Waals surface area contributed by atoms with E-state index in [-0.39, 0.29) is 17.2 Å². The largest absolute Gasteiger partial charge is 0.493 e. The lowest BCUT2D eigenvalue weighted by Crippen LogP contribution is -2.46. The van der Waals surface area contributed by atoms with Crippen molar-refractivity contribution in [3.8, 4) is 11.5 Å². The monoisotopic (exact) mass is 542 g/mol. The number of nitrogens with one attached hydrogen (secondary N) is 1. The summed E-state index contributed by atoms with van der Waals surface area (Å²) >= 11 is 0. The number of nitrogens with zero attached hydrogens (tertiary/aromatic N) is 1. The first-order valence-corrected chi connectivity index (χ1v) is 12.2. The van der Waals surface area contributed by atoms with E-state index >= 15 is 0 Å². The smallest absolute Gasteiger partial charge is 0.332 e. The predicted octanol–water partition coefficient (Wildman–Crippen LogP) is 1.95. The molecule has 0 unspecified atom stereocenters. The number of hydrogen-bond acceptors (Lipinski definition) is 11. The highest BCUT2D eigenvalue weighted by atomic mass is 16.6. The van der Waals surface area contributed by atoms with Crippen molar-refractivity contribution in [3.63, 3.8) is 0 Å². The molecule has 1 amide bonds. The Morgan fingerprint density at radius 3 is 2.38 bits per heavy atom. The molecule has 0 spiro atoms. The van der Waals surface area contributed by atoms with E-state index in [1.807, 2.05) is 0 Å². The fraction of sp³-hybridized carbons (Fsp3) is 0.407. The lowest BCUT2D eigenvalue weighted by atomic mass is 9.90. The van der Waals surface area contributed by atoms with Gasteiger partial charge in [-0.05, 0) is 12.5 Å². The van der Waals surface area contributed by atoms with Gasteiger partial charge in [0.15, 0.2) is 23.6 Å². The van der Waals surface area contributed by atoms with Crippen LogP contribution >= 0.6 is 0 Å². The van der Waals surface area contributed by atoms with Crippen molar-refractivity contribution in [2.45, 2.75) is 51.9 Å². The Hall–Kier alpha value is -4.48. The molecule has 2 aromatic rings. The molecule has 0 aliphatic carbocycles. The molecule has 2 heterocycles.